The van der Waals surface area contributed by atoms with Crippen molar-refractivity contribution in [2.45, 2.75) is 6.92 Å². The molecule has 1 fully saturated rings. The third-order valence-electron chi connectivity index (χ3n) is 3.61. The molecule has 0 saturated carbocycles. The molecule has 0 amide bonds. The van der Waals surface area contributed by atoms with Crippen molar-refractivity contribution in [1.82, 2.24) is 9.97 Å². The summed E-state index contributed by atoms with van der Waals surface area (Å²) in [5.41, 5.74) is 2.06. The van der Waals surface area contributed by atoms with E-state index in [2.05, 4.69) is 20.2 Å². The van der Waals surface area contributed by atoms with E-state index in [1.54, 1.807) is 13.4 Å². The van der Waals surface area contributed by atoms with Crippen molar-refractivity contribution in [3.8, 4) is 5.75 Å². The van der Waals surface area contributed by atoms with Crippen molar-refractivity contribution < 1.29 is 9.47 Å². The maximum Gasteiger partial charge on any atom is 0.142 e. The summed E-state index contributed by atoms with van der Waals surface area (Å²) in [5.74, 6) is 2.45. The van der Waals surface area contributed by atoms with Crippen LogP contribution in [0.5, 0.6) is 5.75 Å². The van der Waals surface area contributed by atoms with Crippen LogP contribution in [0.3, 0.4) is 0 Å². The number of nitrogens with one attached hydrogen (secondary N) is 1. The zero-order valence-corrected chi connectivity index (χ0v) is 12.9. The summed E-state index contributed by atoms with van der Waals surface area (Å²) >= 11 is 0. The van der Waals surface area contributed by atoms with E-state index in [9.17, 15) is 0 Å². The van der Waals surface area contributed by atoms with Gasteiger partial charge in [-0.2, -0.15) is 0 Å². The summed E-state index contributed by atoms with van der Waals surface area (Å²) in [4.78, 5) is 10.8. The van der Waals surface area contributed by atoms with Crippen LogP contribution >= 0.6 is 0 Å². The maximum atomic E-state index is 5.39. The molecular weight excluding hydrogens is 280 g/mol. The topological polar surface area (TPSA) is 59.5 Å². The molecule has 6 heteroatoms. The number of benzene rings is 1. The van der Waals surface area contributed by atoms with Gasteiger partial charge in [0.15, 0.2) is 0 Å². The molecule has 0 spiro atoms. The number of aromatic nitrogens is 2. The van der Waals surface area contributed by atoms with Crippen LogP contribution < -0.4 is 15.0 Å². The normalized spacial score (nSPS) is 14.7. The second-order valence-corrected chi connectivity index (χ2v) is 5.19. The number of morpholine rings is 1. The predicted octanol–water partition coefficient (Wildman–Crippen LogP) is 2.37. The molecule has 1 aliphatic heterocycles. The molecule has 3 rings (SSSR count). The van der Waals surface area contributed by atoms with Gasteiger partial charge in [-0.15, -0.1) is 0 Å². The first-order valence-electron chi connectivity index (χ1n) is 7.32. The summed E-state index contributed by atoms with van der Waals surface area (Å²) in [7, 11) is 1.66. The molecule has 0 aliphatic carbocycles. The molecule has 0 unspecified atom stereocenters. The first kappa shape index (κ1) is 14.6. The zero-order chi connectivity index (χ0) is 15.4. The van der Waals surface area contributed by atoms with Crippen LogP contribution in [-0.2, 0) is 4.74 Å². The molecule has 1 aromatic carbocycles. The highest BCUT2D eigenvalue weighted by molar-refractivity contribution is 5.66. The summed E-state index contributed by atoms with van der Waals surface area (Å²) in [5, 5.41) is 3.31. The SMILES string of the molecule is COc1ccc(C)cc1Nc1cc(N2CCOCC2)ncn1. The Morgan fingerprint density at radius 3 is 2.77 bits per heavy atom. The molecule has 0 bridgehead atoms. The van der Waals surface area contributed by atoms with Crippen LogP contribution in [-0.4, -0.2) is 43.4 Å². The zero-order valence-electron chi connectivity index (χ0n) is 12.9. The number of hydrogen-bond donors (Lipinski definition) is 1. The van der Waals surface area contributed by atoms with Crippen molar-refractivity contribution in [3.63, 3.8) is 0 Å². The van der Waals surface area contributed by atoms with Gasteiger partial charge in [-0.25, -0.2) is 9.97 Å². The Bertz CT molecular complexity index is 642. The molecule has 1 aliphatic rings. The summed E-state index contributed by atoms with van der Waals surface area (Å²) in [6.45, 7) is 5.22. The number of methoxy groups -OCH3 is 1. The van der Waals surface area contributed by atoms with Crippen molar-refractivity contribution in [3.05, 3.63) is 36.2 Å². The van der Waals surface area contributed by atoms with Crippen LogP contribution in [0.25, 0.3) is 0 Å². The minimum Gasteiger partial charge on any atom is -0.495 e. The van der Waals surface area contributed by atoms with E-state index in [0.717, 1.165) is 54.9 Å². The molecule has 0 radical (unpaired) electrons. The lowest BCUT2D eigenvalue weighted by atomic mass is 10.2. The second-order valence-electron chi connectivity index (χ2n) is 5.19. The molecule has 1 N–H and O–H groups in total. The lowest BCUT2D eigenvalue weighted by molar-refractivity contribution is 0.122. The van der Waals surface area contributed by atoms with Crippen LogP contribution in [0.15, 0.2) is 30.6 Å². The van der Waals surface area contributed by atoms with Gasteiger partial charge in [-0.05, 0) is 24.6 Å². The van der Waals surface area contributed by atoms with E-state index in [-0.39, 0.29) is 0 Å². The van der Waals surface area contributed by atoms with Gasteiger partial charge in [0.05, 0.1) is 26.0 Å². The maximum absolute atomic E-state index is 5.39. The van der Waals surface area contributed by atoms with Gasteiger partial charge < -0.3 is 19.7 Å². The van der Waals surface area contributed by atoms with Crippen molar-refractivity contribution in [1.29, 1.82) is 0 Å². The van der Waals surface area contributed by atoms with Gasteiger partial charge in [-0.3, -0.25) is 0 Å². The number of nitrogens with zero attached hydrogens (tertiary/aromatic N) is 3. The summed E-state index contributed by atoms with van der Waals surface area (Å²) in [6.07, 6.45) is 1.58. The highest BCUT2D eigenvalue weighted by atomic mass is 16.5. The van der Waals surface area contributed by atoms with E-state index >= 15 is 0 Å². The minimum absolute atomic E-state index is 0.735. The summed E-state index contributed by atoms with van der Waals surface area (Å²) in [6, 6.07) is 7.95. The third kappa shape index (κ3) is 3.28. The van der Waals surface area contributed by atoms with Crippen LogP contribution in [0.2, 0.25) is 0 Å². The molecule has 1 aromatic heterocycles. The third-order valence-corrected chi connectivity index (χ3v) is 3.61. The fourth-order valence-corrected chi connectivity index (χ4v) is 2.44. The van der Waals surface area contributed by atoms with Gasteiger partial charge in [0.25, 0.3) is 0 Å². The Balaban J connectivity index is 1.82. The smallest absolute Gasteiger partial charge is 0.142 e. The monoisotopic (exact) mass is 300 g/mol. The highest BCUT2D eigenvalue weighted by Gasteiger charge is 2.13. The highest BCUT2D eigenvalue weighted by Crippen LogP contribution is 2.28. The largest absolute Gasteiger partial charge is 0.495 e. The Morgan fingerprint density at radius 2 is 2.00 bits per heavy atom. The van der Waals surface area contributed by atoms with E-state index in [4.69, 9.17) is 9.47 Å². The number of anilines is 3. The lowest BCUT2D eigenvalue weighted by Gasteiger charge is -2.27. The number of rotatable bonds is 4. The average Bonchev–Trinajstić information content (AvgIpc) is 2.56. The van der Waals surface area contributed by atoms with Crippen LogP contribution in [0.4, 0.5) is 17.3 Å². The molecule has 2 aromatic rings. The Labute approximate surface area is 130 Å². The molecule has 6 nitrogen and oxygen atoms in total. The lowest BCUT2D eigenvalue weighted by Crippen LogP contribution is -2.36. The number of aryl methyl sites for hydroxylation is 1. The van der Waals surface area contributed by atoms with Gasteiger partial charge >= 0.3 is 0 Å². The Hall–Kier alpha value is -2.34. The van der Waals surface area contributed by atoms with Crippen molar-refractivity contribution in [2.24, 2.45) is 0 Å². The second kappa shape index (κ2) is 6.62. The molecule has 2 heterocycles. The van der Waals surface area contributed by atoms with Crippen LogP contribution in [0.1, 0.15) is 5.56 Å². The Morgan fingerprint density at radius 1 is 1.18 bits per heavy atom. The number of hydrogen-bond acceptors (Lipinski definition) is 6. The van der Waals surface area contributed by atoms with Gasteiger partial charge in [0.1, 0.15) is 23.7 Å². The standard InChI is InChI=1S/C16H20N4O2/c1-12-3-4-14(21-2)13(9-12)19-15-10-16(18-11-17-15)20-5-7-22-8-6-20/h3-4,9-11H,5-8H2,1-2H3,(H,17,18,19). The van der Waals surface area contributed by atoms with E-state index in [1.807, 2.05) is 31.2 Å². The van der Waals surface area contributed by atoms with E-state index in [1.165, 1.54) is 0 Å². The molecule has 22 heavy (non-hydrogen) atoms. The van der Waals surface area contributed by atoms with E-state index in [0.29, 0.717) is 0 Å². The van der Waals surface area contributed by atoms with Crippen LogP contribution in [0, 0.1) is 6.92 Å². The van der Waals surface area contributed by atoms with E-state index < -0.39 is 0 Å². The molecule has 116 valence electrons. The number of ether oxygens (including phenoxy) is 2. The Kier molecular flexibility index (Phi) is 4.39. The first-order chi connectivity index (χ1) is 10.8. The minimum atomic E-state index is 0.735. The van der Waals surface area contributed by atoms with Gasteiger partial charge in [0.2, 0.25) is 0 Å². The fraction of sp³-hybridized carbons (Fsp3) is 0.375. The molecule has 0 atom stereocenters. The van der Waals surface area contributed by atoms with Gasteiger partial charge in [-0.1, -0.05) is 6.07 Å². The predicted molar refractivity (Wildman–Crippen MR) is 86.1 cm³/mol. The molecular formula is C16H20N4O2. The quantitative estimate of drug-likeness (QED) is 0.935. The average molecular weight is 300 g/mol. The fourth-order valence-electron chi connectivity index (χ4n) is 2.44. The van der Waals surface area contributed by atoms with Crippen molar-refractivity contribution in [2.75, 3.05) is 43.6 Å². The van der Waals surface area contributed by atoms with Crippen molar-refractivity contribution >= 4 is 17.3 Å². The first-order valence-corrected chi connectivity index (χ1v) is 7.32. The molecule has 1 saturated heterocycles. The van der Waals surface area contributed by atoms with Gasteiger partial charge in [0, 0.05) is 19.2 Å². The summed E-state index contributed by atoms with van der Waals surface area (Å²) < 4.78 is 10.8.